The molecular formula is C15H11ClN2O. The number of pyridine rings is 1. The molecule has 2 heterocycles. The van der Waals surface area contributed by atoms with E-state index in [-0.39, 0.29) is 5.78 Å². The molecule has 3 nitrogen and oxygen atoms in total. The van der Waals surface area contributed by atoms with Crippen molar-refractivity contribution in [1.29, 1.82) is 0 Å². The number of rotatable bonds is 2. The average molecular weight is 271 g/mol. The molecule has 0 aliphatic rings. The topological polar surface area (TPSA) is 45.8 Å². The quantitative estimate of drug-likeness (QED) is 0.721. The molecule has 1 aromatic carbocycles. The van der Waals surface area contributed by atoms with Gasteiger partial charge in [-0.3, -0.25) is 9.78 Å². The van der Waals surface area contributed by atoms with Gasteiger partial charge >= 0.3 is 0 Å². The lowest BCUT2D eigenvalue weighted by molar-refractivity contribution is 0.104. The van der Waals surface area contributed by atoms with Crippen LogP contribution in [0, 0.1) is 6.92 Å². The Morgan fingerprint density at radius 2 is 2.16 bits per heavy atom. The first-order chi connectivity index (χ1) is 9.16. The number of benzene rings is 1. The lowest BCUT2D eigenvalue weighted by Gasteiger charge is -2.02. The molecule has 0 saturated carbocycles. The molecular weight excluding hydrogens is 260 g/mol. The number of nitrogens with zero attached hydrogens (tertiary/aromatic N) is 1. The maximum absolute atomic E-state index is 12.5. The third-order valence-corrected chi connectivity index (χ3v) is 3.57. The van der Waals surface area contributed by atoms with Crippen molar-refractivity contribution in [1.82, 2.24) is 9.97 Å². The Morgan fingerprint density at radius 3 is 2.95 bits per heavy atom. The van der Waals surface area contributed by atoms with Crippen molar-refractivity contribution in [2.45, 2.75) is 6.92 Å². The largest absolute Gasteiger partial charge is 0.360 e. The Balaban J connectivity index is 2.11. The third kappa shape index (κ3) is 2.02. The predicted octanol–water partition coefficient (Wildman–Crippen LogP) is 3.76. The highest BCUT2D eigenvalue weighted by Crippen LogP contribution is 2.23. The standard InChI is InChI=1S/C15H11ClN2O/c1-9-2-3-10(6-13(9)16)15(19)12-8-18-14-4-5-17-7-11(12)14/h2-8,18H,1H3. The number of H-pyrrole nitrogens is 1. The van der Waals surface area contributed by atoms with Crippen LogP contribution in [0.2, 0.25) is 5.02 Å². The van der Waals surface area contributed by atoms with Crippen molar-refractivity contribution in [2.75, 3.05) is 0 Å². The van der Waals surface area contributed by atoms with Crippen LogP contribution in [0.4, 0.5) is 0 Å². The molecule has 2 aromatic heterocycles. The average Bonchev–Trinajstić information content (AvgIpc) is 2.85. The van der Waals surface area contributed by atoms with Crippen LogP contribution in [-0.2, 0) is 0 Å². The van der Waals surface area contributed by atoms with E-state index in [4.69, 9.17) is 11.6 Å². The lowest BCUT2D eigenvalue weighted by Crippen LogP contribution is -2.00. The molecule has 0 saturated heterocycles. The summed E-state index contributed by atoms with van der Waals surface area (Å²) in [6.07, 6.45) is 5.09. The molecule has 0 spiro atoms. The fourth-order valence-corrected chi connectivity index (χ4v) is 2.22. The zero-order valence-corrected chi connectivity index (χ0v) is 11.0. The molecule has 0 radical (unpaired) electrons. The van der Waals surface area contributed by atoms with Gasteiger partial charge in [0.1, 0.15) is 0 Å². The number of ketones is 1. The van der Waals surface area contributed by atoms with Gasteiger partial charge in [-0.25, -0.2) is 0 Å². The van der Waals surface area contributed by atoms with Gasteiger partial charge in [-0.05, 0) is 24.6 Å². The minimum Gasteiger partial charge on any atom is -0.360 e. The molecule has 0 amide bonds. The summed E-state index contributed by atoms with van der Waals surface area (Å²) in [6, 6.07) is 7.18. The molecule has 3 rings (SSSR count). The fourth-order valence-electron chi connectivity index (χ4n) is 2.04. The van der Waals surface area contributed by atoms with Gasteiger partial charge in [-0.15, -0.1) is 0 Å². The monoisotopic (exact) mass is 270 g/mol. The number of aryl methyl sites for hydroxylation is 1. The second-order valence-electron chi connectivity index (χ2n) is 4.42. The minimum atomic E-state index is -0.0545. The summed E-state index contributed by atoms with van der Waals surface area (Å²) >= 11 is 6.07. The van der Waals surface area contributed by atoms with E-state index < -0.39 is 0 Å². The van der Waals surface area contributed by atoms with E-state index in [1.54, 1.807) is 30.7 Å². The van der Waals surface area contributed by atoms with Crippen molar-refractivity contribution < 1.29 is 4.79 Å². The molecule has 0 fully saturated rings. The molecule has 94 valence electrons. The number of fused-ring (bicyclic) bond motifs is 1. The van der Waals surface area contributed by atoms with E-state index in [1.807, 2.05) is 19.1 Å². The van der Waals surface area contributed by atoms with Crippen LogP contribution in [0.15, 0.2) is 42.9 Å². The number of carbonyl (C=O) groups is 1. The van der Waals surface area contributed by atoms with Crippen LogP contribution in [0.5, 0.6) is 0 Å². The number of aromatic nitrogens is 2. The highest BCUT2D eigenvalue weighted by molar-refractivity contribution is 6.32. The smallest absolute Gasteiger partial charge is 0.195 e. The first-order valence-electron chi connectivity index (χ1n) is 5.89. The Bertz CT molecular complexity index is 777. The predicted molar refractivity (Wildman–Crippen MR) is 75.7 cm³/mol. The summed E-state index contributed by atoms with van der Waals surface area (Å²) in [5.41, 5.74) is 3.05. The van der Waals surface area contributed by atoms with Crippen LogP contribution >= 0.6 is 11.6 Å². The normalized spacial score (nSPS) is 10.8. The molecule has 1 N–H and O–H groups in total. The maximum Gasteiger partial charge on any atom is 0.195 e. The van der Waals surface area contributed by atoms with E-state index in [9.17, 15) is 4.79 Å². The lowest BCUT2D eigenvalue weighted by atomic mass is 10.0. The molecule has 19 heavy (non-hydrogen) atoms. The van der Waals surface area contributed by atoms with E-state index in [0.717, 1.165) is 16.5 Å². The van der Waals surface area contributed by atoms with Gasteiger partial charge in [0.05, 0.1) is 0 Å². The molecule has 0 bridgehead atoms. The second kappa shape index (κ2) is 4.52. The van der Waals surface area contributed by atoms with Crippen molar-refractivity contribution >= 4 is 28.3 Å². The van der Waals surface area contributed by atoms with Gasteiger partial charge in [0, 0.05) is 45.6 Å². The van der Waals surface area contributed by atoms with Crippen molar-refractivity contribution in [3.8, 4) is 0 Å². The Hall–Kier alpha value is -2.13. The molecule has 4 heteroatoms. The highest BCUT2D eigenvalue weighted by atomic mass is 35.5. The Kier molecular flexibility index (Phi) is 2.84. The van der Waals surface area contributed by atoms with E-state index in [0.29, 0.717) is 16.1 Å². The van der Waals surface area contributed by atoms with Crippen molar-refractivity contribution in [3.63, 3.8) is 0 Å². The number of carbonyl (C=O) groups excluding carboxylic acids is 1. The summed E-state index contributed by atoms with van der Waals surface area (Å²) < 4.78 is 0. The van der Waals surface area contributed by atoms with Crippen LogP contribution < -0.4 is 0 Å². The Labute approximate surface area is 115 Å². The van der Waals surface area contributed by atoms with Crippen molar-refractivity contribution in [2.24, 2.45) is 0 Å². The number of hydrogen-bond acceptors (Lipinski definition) is 2. The molecule has 3 aromatic rings. The van der Waals surface area contributed by atoms with Crippen LogP contribution in [0.25, 0.3) is 10.9 Å². The van der Waals surface area contributed by atoms with Crippen LogP contribution in [0.3, 0.4) is 0 Å². The Morgan fingerprint density at radius 1 is 1.32 bits per heavy atom. The highest BCUT2D eigenvalue weighted by Gasteiger charge is 2.14. The zero-order chi connectivity index (χ0) is 13.4. The van der Waals surface area contributed by atoms with Crippen molar-refractivity contribution in [3.05, 3.63) is 64.6 Å². The van der Waals surface area contributed by atoms with Gasteiger partial charge in [-0.1, -0.05) is 23.7 Å². The fraction of sp³-hybridized carbons (Fsp3) is 0.0667. The van der Waals surface area contributed by atoms with Gasteiger partial charge in [-0.2, -0.15) is 0 Å². The van der Waals surface area contributed by atoms with Gasteiger partial charge in [0.15, 0.2) is 5.78 Å². The SMILES string of the molecule is Cc1ccc(C(=O)c2c[nH]c3ccncc23)cc1Cl. The van der Waals surface area contributed by atoms with Gasteiger partial charge in [0.25, 0.3) is 0 Å². The first-order valence-corrected chi connectivity index (χ1v) is 6.26. The van der Waals surface area contributed by atoms with Gasteiger partial charge in [0.2, 0.25) is 0 Å². The van der Waals surface area contributed by atoms with Crippen LogP contribution in [0.1, 0.15) is 21.5 Å². The van der Waals surface area contributed by atoms with Crippen LogP contribution in [-0.4, -0.2) is 15.8 Å². The van der Waals surface area contributed by atoms with E-state index in [1.165, 1.54) is 0 Å². The number of hydrogen-bond donors (Lipinski definition) is 1. The molecule has 0 atom stereocenters. The molecule has 0 aliphatic heterocycles. The van der Waals surface area contributed by atoms with Gasteiger partial charge < -0.3 is 4.98 Å². The molecule has 0 unspecified atom stereocenters. The van der Waals surface area contributed by atoms with E-state index >= 15 is 0 Å². The number of halogens is 1. The first kappa shape index (κ1) is 11.9. The minimum absolute atomic E-state index is 0.0545. The molecule has 0 aliphatic carbocycles. The van der Waals surface area contributed by atoms with E-state index in [2.05, 4.69) is 9.97 Å². The second-order valence-corrected chi connectivity index (χ2v) is 4.82. The summed E-state index contributed by atoms with van der Waals surface area (Å²) in [7, 11) is 0. The summed E-state index contributed by atoms with van der Waals surface area (Å²) in [6.45, 7) is 1.91. The third-order valence-electron chi connectivity index (χ3n) is 3.16. The zero-order valence-electron chi connectivity index (χ0n) is 10.3. The maximum atomic E-state index is 12.5. The summed E-state index contributed by atoms with van der Waals surface area (Å²) in [5.74, 6) is -0.0545. The summed E-state index contributed by atoms with van der Waals surface area (Å²) in [4.78, 5) is 19.6. The summed E-state index contributed by atoms with van der Waals surface area (Å²) in [5, 5.41) is 1.42. The number of nitrogens with one attached hydrogen (secondary N) is 1. The number of aromatic amines is 1.